The molecule has 158 valence electrons. The maximum Gasteiger partial charge on any atom is 0.326 e. The number of imidazole rings is 1. The molecule has 0 spiro atoms. The van der Waals surface area contributed by atoms with Gasteiger partial charge in [0.2, 0.25) is 5.91 Å². The molecular formula is C23H23N5O3. The van der Waals surface area contributed by atoms with Crippen molar-refractivity contribution in [3.8, 4) is 0 Å². The number of aromatic nitrogens is 4. The maximum absolute atomic E-state index is 12.7. The number of rotatable bonds is 4. The molecule has 8 heteroatoms. The molecule has 2 aromatic heterocycles. The zero-order chi connectivity index (χ0) is 21.4. The molecule has 5 rings (SSSR count). The number of fused-ring (bicyclic) bond motifs is 2. The molecule has 1 amide bonds. The van der Waals surface area contributed by atoms with E-state index in [0.29, 0.717) is 30.5 Å². The summed E-state index contributed by atoms with van der Waals surface area (Å²) >= 11 is 0. The summed E-state index contributed by atoms with van der Waals surface area (Å²) < 4.78 is 3.32. The Labute approximate surface area is 177 Å². The van der Waals surface area contributed by atoms with Gasteiger partial charge in [-0.25, -0.2) is 9.78 Å². The predicted molar refractivity (Wildman–Crippen MR) is 118 cm³/mol. The molecule has 1 N–H and O–H groups in total. The average molecular weight is 417 g/mol. The summed E-state index contributed by atoms with van der Waals surface area (Å²) in [6.45, 7) is 1.50. The summed E-state index contributed by atoms with van der Waals surface area (Å²) in [5, 5.41) is 0.558. The van der Waals surface area contributed by atoms with Gasteiger partial charge in [0.25, 0.3) is 5.56 Å². The number of hydrogen-bond acceptors (Lipinski definition) is 4. The largest absolute Gasteiger partial charge is 0.342 e. The van der Waals surface area contributed by atoms with Crippen LogP contribution in [0, 0.1) is 0 Å². The van der Waals surface area contributed by atoms with Crippen molar-refractivity contribution in [3.63, 3.8) is 0 Å². The maximum atomic E-state index is 12.7. The number of para-hydroxylation sites is 3. The first kappa shape index (κ1) is 19.3. The molecule has 0 radical (unpaired) electrons. The summed E-state index contributed by atoms with van der Waals surface area (Å²) in [6, 6.07) is 14.9. The van der Waals surface area contributed by atoms with Crippen LogP contribution >= 0.6 is 0 Å². The Bertz CT molecular complexity index is 1380. The Morgan fingerprint density at radius 2 is 1.77 bits per heavy atom. The first-order valence-electron chi connectivity index (χ1n) is 10.5. The Morgan fingerprint density at radius 1 is 1.03 bits per heavy atom. The SMILES string of the molecule is O=C(CCn1cnc2ccccc2c1=O)N1CCC(n2c(=O)[nH]c3ccccc32)CC1. The topological polar surface area (TPSA) is 93.0 Å². The highest BCUT2D eigenvalue weighted by molar-refractivity contribution is 5.78. The van der Waals surface area contributed by atoms with Crippen LogP contribution in [0.3, 0.4) is 0 Å². The molecule has 2 aromatic carbocycles. The standard InChI is InChI=1S/C23H23N5O3/c29-21(11-14-27-15-24-18-6-2-1-5-17(18)22(27)30)26-12-9-16(10-13-26)28-20-8-4-3-7-19(20)25-23(28)31/h1-8,15-16H,9-14H2,(H,25,31). The Kier molecular flexibility index (Phi) is 4.89. The first-order valence-corrected chi connectivity index (χ1v) is 10.5. The number of nitrogens with zero attached hydrogens (tertiary/aromatic N) is 4. The van der Waals surface area contributed by atoms with Crippen LogP contribution in [0.1, 0.15) is 25.3 Å². The normalized spacial score (nSPS) is 15.0. The molecule has 0 aliphatic carbocycles. The molecule has 1 saturated heterocycles. The predicted octanol–water partition coefficient (Wildman–Crippen LogP) is 2.29. The van der Waals surface area contributed by atoms with Gasteiger partial charge in [-0.1, -0.05) is 24.3 Å². The molecule has 0 saturated carbocycles. The summed E-state index contributed by atoms with van der Waals surface area (Å²) in [7, 11) is 0. The van der Waals surface area contributed by atoms with E-state index in [-0.39, 0.29) is 29.6 Å². The van der Waals surface area contributed by atoms with Gasteiger partial charge in [0.1, 0.15) is 0 Å². The van der Waals surface area contributed by atoms with Crippen molar-refractivity contribution in [1.29, 1.82) is 0 Å². The third kappa shape index (κ3) is 3.54. The van der Waals surface area contributed by atoms with Gasteiger partial charge in [-0.3, -0.25) is 18.7 Å². The number of carbonyl (C=O) groups is 1. The van der Waals surface area contributed by atoms with Crippen molar-refractivity contribution in [1.82, 2.24) is 24.0 Å². The van der Waals surface area contributed by atoms with E-state index in [2.05, 4.69) is 9.97 Å². The molecule has 0 atom stereocenters. The molecule has 4 aromatic rings. The minimum absolute atomic E-state index is 0.0183. The van der Waals surface area contributed by atoms with E-state index in [1.165, 1.54) is 10.9 Å². The van der Waals surface area contributed by atoms with Crippen LogP contribution in [-0.2, 0) is 11.3 Å². The second kappa shape index (κ2) is 7.86. The molecule has 31 heavy (non-hydrogen) atoms. The second-order valence-electron chi connectivity index (χ2n) is 7.94. The van der Waals surface area contributed by atoms with E-state index in [4.69, 9.17) is 0 Å². The van der Waals surface area contributed by atoms with Gasteiger partial charge in [-0.2, -0.15) is 0 Å². The summed E-state index contributed by atoms with van der Waals surface area (Å²) in [5.74, 6) is 0.0183. The molecule has 8 nitrogen and oxygen atoms in total. The van der Waals surface area contributed by atoms with Crippen molar-refractivity contribution < 1.29 is 4.79 Å². The number of aryl methyl sites for hydroxylation is 1. The van der Waals surface area contributed by atoms with Gasteiger partial charge < -0.3 is 9.88 Å². The Hall–Kier alpha value is -3.68. The van der Waals surface area contributed by atoms with Crippen molar-refractivity contribution in [3.05, 3.63) is 75.7 Å². The fourth-order valence-corrected chi connectivity index (χ4v) is 4.45. The van der Waals surface area contributed by atoms with Crippen LogP contribution in [0.2, 0.25) is 0 Å². The number of likely N-dealkylation sites (tertiary alicyclic amines) is 1. The van der Waals surface area contributed by atoms with Crippen molar-refractivity contribution >= 4 is 27.8 Å². The lowest BCUT2D eigenvalue weighted by Crippen LogP contribution is -2.41. The van der Waals surface area contributed by atoms with E-state index in [1.807, 2.05) is 45.9 Å². The number of aromatic amines is 1. The smallest absolute Gasteiger partial charge is 0.326 e. The number of H-pyrrole nitrogens is 1. The zero-order valence-corrected chi connectivity index (χ0v) is 17.0. The van der Waals surface area contributed by atoms with E-state index in [1.54, 1.807) is 12.1 Å². The van der Waals surface area contributed by atoms with Gasteiger partial charge in [0.15, 0.2) is 0 Å². The van der Waals surface area contributed by atoms with Crippen molar-refractivity contribution in [2.45, 2.75) is 31.8 Å². The fraction of sp³-hybridized carbons (Fsp3) is 0.304. The van der Waals surface area contributed by atoms with Gasteiger partial charge in [0, 0.05) is 32.1 Å². The van der Waals surface area contributed by atoms with Gasteiger partial charge in [-0.05, 0) is 37.1 Å². The number of benzene rings is 2. The molecule has 1 fully saturated rings. The van der Waals surface area contributed by atoms with E-state index >= 15 is 0 Å². The molecule has 1 aliphatic heterocycles. The van der Waals surface area contributed by atoms with Gasteiger partial charge >= 0.3 is 5.69 Å². The highest BCUT2D eigenvalue weighted by Gasteiger charge is 2.26. The zero-order valence-electron chi connectivity index (χ0n) is 17.0. The molecule has 1 aliphatic rings. The van der Waals surface area contributed by atoms with E-state index in [0.717, 1.165) is 23.9 Å². The minimum Gasteiger partial charge on any atom is -0.342 e. The molecule has 0 unspecified atom stereocenters. The summed E-state index contributed by atoms with van der Waals surface area (Å²) in [6.07, 6.45) is 3.21. The third-order valence-corrected chi connectivity index (χ3v) is 6.10. The summed E-state index contributed by atoms with van der Waals surface area (Å²) in [4.78, 5) is 46.8. The number of nitrogens with one attached hydrogen (secondary N) is 1. The highest BCUT2D eigenvalue weighted by Crippen LogP contribution is 2.25. The minimum atomic E-state index is -0.129. The summed E-state index contributed by atoms with van der Waals surface area (Å²) in [5.41, 5.74) is 2.16. The number of piperidine rings is 1. The highest BCUT2D eigenvalue weighted by atomic mass is 16.2. The number of carbonyl (C=O) groups excluding carboxylic acids is 1. The lowest BCUT2D eigenvalue weighted by molar-refractivity contribution is -0.132. The number of amides is 1. The second-order valence-corrected chi connectivity index (χ2v) is 7.94. The Morgan fingerprint density at radius 3 is 2.61 bits per heavy atom. The number of hydrogen-bond donors (Lipinski definition) is 1. The fourth-order valence-electron chi connectivity index (χ4n) is 4.45. The van der Waals surface area contributed by atoms with Crippen molar-refractivity contribution in [2.24, 2.45) is 0 Å². The lowest BCUT2D eigenvalue weighted by atomic mass is 10.0. The Balaban J connectivity index is 1.23. The van der Waals surface area contributed by atoms with Crippen molar-refractivity contribution in [2.75, 3.05) is 13.1 Å². The van der Waals surface area contributed by atoms with Crippen LogP contribution in [0.25, 0.3) is 21.9 Å². The molecule has 3 heterocycles. The van der Waals surface area contributed by atoms with Gasteiger partial charge in [-0.15, -0.1) is 0 Å². The van der Waals surface area contributed by atoms with E-state index in [9.17, 15) is 14.4 Å². The van der Waals surface area contributed by atoms with Crippen LogP contribution in [0.5, 0.6) is 0 Å². The van der Waals surface area contributed by atoms with E-state index < -0.39 is 0 Å². The lowest BCUT2D eigenvalue weighted by Gasteiger charge is -2.32. The third-order valence-electron chi connectivity index (χ3n) is 6.10. The quantitative estimate of drug-likeness (QED) is 0.551. The monoisotopic (exact) mass is 417 g/mol. The molecule has 0 bridgehead atoms. The van der Waals surface area contributed by atoms with Crippen LogP contribution in [-0.4, -0.2) is 43.0 Å². The van der Waals surface area contributed by atoms with Gasteiger partial charge in [0.05, 0.1) is 28.3 Å². The average Bonchev–Trinajstić information content (AvgIpc) is 3.14. The first-order chi connectivity index (χ1) is 15.1. The molecular weight excluding hydrogens is 394 g/mol. The van der Waals surface area contributed by atoms with Crippen LogP contribution < -0.4 is 11.2 Å². The van der Waals surface area contributed by atoms with Crippen LogP contribution in [0.15, 0.2) is 64.4 Å². The van der Waals surface area contributed by atoms with Crippen LogP contribution in [0.4, 0.5) is 0 Å².